The van der Waals surface area contributed by atoms with E-state index in [1.165, 1.54) is 0 Å². The standard InChI is InChI=1S/C13H17NO3/c1-2-17-12-6-4-3-5-11(12)13(16)14-8-7-10(15)9-14/h3-6,10,15H,2,7-9H2,1H3/t10-/m0/s1. The van der Waals surface area contributed by atoms with Crippen LogP contribution in [0.3, 0.4) is 0 Å². The summed E-state index contributed by atoms with van der Waals surface area (Å²) in [7, 11) is 0. The molecule has 1 aromatic carbocycles. The molecule has 0 saturated carbocycles. The maximum Gasteiger partial charge on any atom is 0.257 e. The predicted octanol–water partition coefficient (Wildman–Crippen LogP) is 1.29. The van der Waals surface area contributed by atoms with Crippen LogP contribution in [0, 0.1) is 0 Å². The Morgan fingerprint density at radius 1 is 1.53 bits per heavy atom. The fourth-order valence-corrected chi connectivity index (χ4v) is 2.02. The average molecular weight is 235 g/mol. The molecule has 0 aromatic heterocycles. The number of rotatable bonds is 3. The number of ether oxygens (including phenoxy) is 1. The topological polar surface area (TPSA) is 49.8 Å². The van der Waals surface area contributed by atoms with E-state index in [9.17, 15) is 9.90 Å². The zero-order valence-corrected chi connectivity index (χ0v) is 9.93. The number of carbonyl (C=O) groups excluding carboxylic acids is 1. The van der Waals surface area contributed by atoms with E-state index in [2.05, 4.69) is 0 Å². The molecule has 1 aliphatic rings. The molecule has 4 nitrogen and oxygen atoms in total. The number of β-amino-alcohol motifs (C(OH)–C–C–N with tert-alkyl or cyclic N) is 1. The molecule has 1 aliphatic heterocycles. The Morgan fingerprint density at radius 2 is 2.29 bits per heavy atom. The Labute approximate surface area is 101 Å². The van der Waals surface area contributed by atoms with Crippen molar-refractivity contribution in [2.45, 2.75) is 19.4 Å². The van der Waals surface area contributed by atoms with Gasteiger partial charge in [-0.25, -0.2) is 0 Å². The lowest BCUT2D eigenvalue weighted by Crippen LogP contribution is -2.29. The number of aliphatic hydroxyl groups is 1. The van der Waals surface area contributed by atoms with Gasteiger partial charge >= 0.3 is 0 Å². The Hall–Kier alpha value is -1.55. The summed E-state index contributed by atoms with van der Waals surface area (Å²) >= 11 is 0. The molecule has 0 unspecified atom stereocenters. The van der Waals surface area contributed by atoms with E-state index >= 15 is 0 Å². The minimum atomic E-state index is -0.391. The number of para-hydroxylation sites is 1. The van der Waals surface area contributed by atoms with E-state index in [4.69, 9.17) is 4.74 Å². The summed E-state index contributed by atoms with van der Waals surface area (Å²) in [5, 5.41) is 9.44. The zero-order chi connectivity index (χ0) is 12.3. The lowest BCUT2D eigenvalue weighted by Gasteiger charge is -2.17. The minimum Gasteiger partial charge on any atom is -0.493 e. The van der Waals surface area contributed by atoms with E-state index in [0.29, 0.717) is 37.4 Å². The first-order valence-electron chi connectivity index (χ1n) is 5.91. The van der Waals surface area contributed by atoms with Crippen molar-refractivity contribution in [1.82, 2.24) is 4.90 Å². The molecular weight excluding hydrogens is 218 g/mol. The molecule has 0 radical (unpaired) electrons. The molecule has 1 fully saturated rings. The third kappa shape index (κ3) is 2.58. The van der Waals surface area contributed by atoms with Gasteiger partial charge in [0.25, 0.3) is 5.91 Å². The molecule has 1 aromatic rings. The summed E-state index contributed by atoms with van der Waals surface area (Å²) in [6, 6.07) is 7.23. The average Bonchev–Trinajstić information content (AvgIpc) is 2.76. The molecule has 17 heavy (non-hydrogen) atoms. The van der Waals surface area contributed by atoms with Gasteiger partial charge in [-0.2, -0.15) is 0 Å². The van der Waals surface area contributed by atoms with Crippen molar-refractivity contribution < 1.29 is 14.6 Å². The Balaban J connectivity index is 2.18. The normalized spacial score (nSPS) is 19.4. The van der Waals surface area contributed by atoms with Crippen molar-refractivity contribution in [2.75, 3.05) is 19.7 Å². The molecule has 0 bridgehead atoms. The first-order chi connectivity index (χ1) is 8.22. The second-order valence-electron chi connectivity index (χ2n) is 4.12. The summed E-state index contributed by atoms with van der Waals surface area (Å²) in [5.74, 6) is 0.548. The smallest absolute Gasteiger partial charge is 0.257 e. The lowest BCUT2D eigenvalue weighted by molar-refractivity contribution is 0.0761. The van der Waals surface area contributed by atoms with Crippen LogP contribution in [-0.4, -0.2) is 41.7 Å². The molecule has 0 aliphatic carbocycles. The Kier molecular flexibility index (Phi) is 3.64. The van der Waals surface area contributed by atoms with E-state index < -0.39 is 6.10 Å². The van der Waals surface area contributed by atoms with E-state index in [1.807, 2.05) is 19.1 Å². The van der Waals surface area contributed by atoms with Crippen molar-refractivity contribution >= 4 is 5.91 Å². The van der Waals surface area contributed by atoms with Crippen molar-refractivity contribution in [3.05, 3.63) is 29.8 Å². The van der Waals surface area contributed by atoms with Crippen LogP contribution >= 0.6 is 0 Å². The molecule has 1 heterocycles. The van der Waals surface area contributed by atoms with Crippen molar-refractivity contribution in [3.8, 4) is 5.75 Å². The quantitative estimate of drug-likeness (QED) is 0.859. The highest BCUT2D eigenvalue weighted by atomic mass is 16.5. The zero-order valence-electron chi connectivity index (χ0n) is 9.93. The van der Waals surface area contributed by atoms with Crippen LogP contribution in [0.25, 0.3) is 0 Å². The van der Waals surface area contributed by atoms with Gasteiger partial charge in [-0.15, -0.1) is 0 Å². The summed E-state index contributed by atoms with van der Waals surface area (Å²) in [4.78, 5) is 13.9. The van der Waals surface area contributed by atoms with Crippen LogP contribution in [0.1, 0.15) is 23.7 Å². The molecule has 92 valence electrons. The largest absolute Gasteiger partial charge is 0.493 e. The summed E-state index contributed by atoms with van der Waals surface area (Å²) in [5.41, 5.74) is 0.573. The number of amides is 1. The van der Waals surface area contributed by atoms with Crippen LogP contribution in [0.4, 0.5) is 0 Å². The van der Waals surface area contributed by atoms with Gasteiger partial charge < -0.3 is 14.7 Å². The molecule has 1 atom stereocenters. The second kappa shape index (κ2) is 5.19. The third-order valence-electron chi connectivity index (χ3n) is 2.87. The van der Waals surface area contributed by atoms with E-state index in [0.717, 1.165) is 0 Å². The Bertz CT molecular complexity index is 405. The maximum absolute atomic E-state index is 12.2. The maximum atomic E-state index is 12.2. The van der Waals surface area contributed by atoms with Gasteiger partial charge in [0.05, 0.1) is 18.3 Å². The Morgan fingerprint density at radius 3 is 2.94 bits per heavy atom. The summed E-state index contributed by atoms with van der Waals surface area (Å²) in [6.07, 6.45) is 0.265. The molecule has 1 amide bonds. The molecule has 1 saturated heterocycles. The number of aliphatic hydroxyl groups excluding tert-OH is 1. The van der Waals surface area contributed by atoms with Crippen LogP contribution in [0.2, 0.25) is 0 Å². The molecule has 0 spiro atoms. The minimum absolute atomic E-state index is 0.0643. The number of benzene rings is 1. The monoisotopic (exact) mass is 235 g/mol. The fourth-order valence-electron chi connectivity index (χ4n) is 2.02. The van der Waals surface area contributed by atoms with Gasteiger partial charge in [-0.1, -0.05) is 12.1 Å². The highest BCUT2D eigenvalue weighted by Crippen LogP contribution is 2.22. The summed E-state index contributed by atoms with van der Waals surface area (Å²) in [6.45, 7) is 3.45. The lowest BCUT2D eigenvalue weighted by atomic mass is 10.2. The first kappa shape index (κ1) is 11.9. The van der Waals surface area contributed by atoms with Gasteiger partial charge in [0, 0.05) is 13.1 Å². The van der Waals surface area contributed by atoms with Crippen LogP contribution < -0.4 is 4.74 Å². The van der Waals surface area contributed by atoms with Crippen molar-refractivity contribution in [3.63, 3.8) is 0 Å². The molecule has 1 N–H and O–H groups in total. The highest BCUT2D eigenvalue weighted by Gasteiger charge is 2.26. The highest BCUT2D eigenvalue weighted by molar-refractivity contribution is 5.97. The van der Waals surface area contributed by atoms with Crippen LogP contribution in [-0.2, 0) is 0 Å². The van der Waals surface area contributed by atoms with Crippen LogP contribution in [0.15, 0.2) is 24.3 Å². The van der Waals surface area contributed by atoms with E-state index in [-0.39, 0.29) is 5.91 Å². The SMILES string of the molecule is CCOc1ccccc1C(=O)N1CC[C@H](O)C1. The number of hydrogen-bond acceptors (Lipinski definition) is 3. The first-order valence-corrected chi connectivity index (χ1v) is 5.91. The summed E-state index contributed by atoms with van der Waals surface area (Å²) < 4.78 is 5.43. The fraction of sp³-hybridized carbons (Fsp3) is 0.462. The van der Waals surface area contributed by atoms with Gasteiger partial charge in [0.2, 0.25) is 0 Å². The number of likely N-dealkylation sites (tertiary alicyclic amines) is 1. The van der Waals surface area contributed by atoms with Gasteiger partial charge in [-0.05, 0) is 25.5 Å². The molecule has 2 rings (SSSR count). The molecule has 4 heteroatoms. The third-order valence-corrected chi connectivity index (χ3v) is 2.87. The predicted molar refractivity (Wildman–Crippen MR) is 64.1 cm³/mol. The second-order valence-corrected chi connectivity index (χ2v) is 4.12. The van der Waals surface area contributed by atoms with Gasteiger partial charge in [0.15, 0.2) is 0 Å². The number of hydrogen-bond donors (Lipinski definition) is 1. The number of carbonyl (C=O) groups is 1. The van der Waals surface area contributed by atoms with Gasteiger partial charge in [0.1, 0.15) is 5.75 Å². The number of nitrogens with zero attached hydrogens (tertiary/aromatic N) is 1. The van der Waals surface area contributed by atoms with E-state index in [1.54, 1.807) is 17.0 Å². The van der Waals surface area contributed by atoms with Gasteiger partial charge in [-0.3, -0.25) is 4.79 Å². The van der Waals surface area contributed by atoms with Crippen molar-refractivity contribution in [1.29, 1.82) is 0 Å². The van der Waals surface area contributed by atoms with Crippen molar-refractivity contribution in [2.24, 2.45) is 0 Å². The molecular formula is C13H17NO3. The van der Waals surface area contributed by atoms with Crippen LogP contribution in [0.5, 0.6) is 5.75 Å².